The summed E-state index contributed by atoms with van der Waals surface area (Å²) in [4.78, 5) is 0. The van der Waals surface area contributed by atoms with E-state index in [0.717, 1.165) is 72.9 Å². The molecule has 1 aliphatic heterocycles. The summed E-state index contributed by atoms with van der Waals surface area (Å²) in [5.41, 5.74) is 0. The maximum absolute atomic E-state index is 5.97. The Balaban J connectivity index is 1.40. The third-order valence-electron chi connectivity index (χ3n) is 8.10. The Kier molecular flexibility index (Phi) is 2.63. The molecule has 0 radical (unpaired) electrons. The minimum absolute atomic E-state index is 0.145. The molecule has 0 N–H and O–H groups in total. The minimum Gasteiger partial charge on any atom is -0.352 e. The summed E-state index contributed by atoms with van der Waals surface area (Å²) in [6, 6.07) is 0. The van der Waals surface area contributed by atoms with Gasteiger partial charge in [-0.3, -0.25) is 0 Å². The Morgan fingerprint density at radius 1 is 0.700 bits per heavy atom. The average Bonchev–Trinajstić information content (AvgIpc) is 3.20. The Labute approximate surface area is 122 Å². The lowest BCUT2D eigenvalue weighted by atomic mass is 9.62. The highest BCUT2D eigenvalue weighted by atomic mass is 16.7. The van der Waals surface area contributed by atoms with Crippen molar-refractivity contribution in [3.8, 4) is 0 Å². The van der Waals surface area contributed by atoms with Gasteiger partial charge in [0.2, 0.25) is 0 Å². The minimum atomic E-state index is 0.145. The third kappa shape index (κ3) is 1.43. The van der Waals surface area contributed by atoms with Crippen LogP contribution in [0.1, 0.15) is 39.5 Å². The average molecular weight is 276 g/mol. The van der Waals surface area contributed by atoms with E-state index < -0.39 is 0 Å². The third-order valence-corrected chi connectivity index (χ3v) is 8.10. The van der Waals surface area contributed by atoms with Crippen molar-refractivity contribution in [3.05, 3.63) is 0 Å². The second kappa shape index (κ2) is 4.23. The van der Waals surface area contributed by atoms with Crippen LogP contribution < -0.4 is 0 Å². The first-order valence-corrected chi connectivity index (χ1v) is 8.99. The molecule has 0 aromatic carbocycles. The van der Waals surface area contributed by atoms with E-state index in [0.29, 0.717) is 0 Å². The summed E-state index contributed by atoms with van der Waals surface area (Å²) >= 11 is 0. The largest absolute Gasteiger partial charge is 0.352 e. The van der Waals surface area contributed by atoms with Crippen molar-refractivity contribution in [2.45, 2.75) is 45.8 Å². The zero-order chi connectivity index (χ0) is 13.4. The molecule has 0 spiro atoms. The molecule has 0 aromatic heterocycles. The second-order valence-electron chi connectivity index (χ2n) is 8.46. The van der Waals surface area contributed by atoms with Gasteiger partial charge in [0.15, 0.2) is 6.29 Å². The highest BCUT2D eigenvalue weighted by Gasteiger charge is 2.66. The summed E-state index contributed by atoms with van der Waals surface area (Å²) in [5, 5.41) is 0. The van der Waals surface area contributed by atoms with Crippen molar-refractivity contribution < 1.29 is 9.47 Å². The van der Waals surface area contributed by atoms with E-state index in [1.165, 1.54) is 12.8 Å². The van der Waals surface area contributed by atoms with Gasteiger partial charge in [-0.1, -0.05) is 13.8 Å². The van der Waals surface area contributed by atoms with E-state index >= 15 is 0 Å². The first kappa shape index (κ1) is 12.5. The molecule has 9 unspecified atom stereocenters. The predicted octanol–water partition coefficient (Wildman–Crippen LogP) is 3.56. The van der Waals surface area contributed by atoms with Gasteiger partial charge in [0, 0.05) is 5.92 Å². The van der Waals surface area contributed by atoms with Crippen molar-refractivity contribution in [2.24, 2.45) is 53.3 Å². The van der Waals surface area contributed by atoms with E-state index in [-0.39, 0.29) is 6.29 Å². The molecule has 1 saturated heterocycles. The van der Waals surface area contributed by atoms with E-state index in [9.17, 15) is 0 Å². The topological polar surface area (TPSA) is 18.5 Å². The predicted molar refractivity (Wildman–Crippen MR) is 76.9 cm³/mol. The lowest BCUT2D eigenvalue weighted by Crippen LogP contribution is -2.43. The maximum Gasteiger partial charge on any atom is 0.160 e. The van der Waals surface area contributed by atoms with Gasteiger partial charge in [-0.05, 0) is 73.0 Å². The van der Waals surface area contributed by atoms with Crippen LogP contribution in [0.2, 0.25) is 0 Å². The number of rotatable bonds is 1. The van der Waals surface area contributed by atoms with E-state index in [1.807, 2.05) is 0 Å². The zero-order valence-corrected chi connectivity index (χ0v) is 12.8. The molecule has 0 aromatic rings. The molecule has 1 heterocycles. The molecular formula is C18H28O2. The SMILES string of the molecule is CC1C(C)C2CC1C1C3CC(C4OCCCO4)C(C3)C21. The fourth-order valence-corrected chi connectivity index (χ4v) is 7.34. The fourth-order valence-electron chi connectivity index (χ4n) is 7.34. The van der Waals surface area contributed by atoms with Crippen molar-refractivity contribution in [3.63, 3.8) is 0 Å². The zero-order valence-electron chi connectivity index (χ0n) is 12.8. The van der Waals surface area contributed by atoms with Gasteiger partial charge in [-0.15, -0.1) is 0 Å². The molecule has 2 nitrogen and oxygen atoms in total. The number of fused-ring (bicyclic) bond motifs is 9. The van der Waals surface area contributed by atoms with E-state index in [4.69, 9.17) is 9.47 Å². The Bertz CT molecular complexity index is 402. The maximum atomic E-state index is 5.97. The number of hydrogen-bond acceptors (Lipinski definition) is 2. The molecule has 4 aliphatic carbocycles. The van der Waals surface area contributed by atoms with Gasteiger partial charge in [-0.2, -0.15) is 0 Å². The molecule has 4 bridgehead atoms. The molecule has 5 aliphatic rings. The highest BCUT2D eigenvalue weighted by Crippen LogP contribution is 2.71. The Hall–Kier alpha value is -0.0800. The second-order valence-corrected chi connectivity index (χ2v) is 8.46. The molecule has 9 atom stereocenters. The Morgan fingerprint density at radius 2 is 1.35 bits per heavy atom. The van der Waals surface area contributed by atoms with Crippen molar-refractivity contribution in [1.29, 1.82) is 0 Å². The van der Waals surface area contributed by atoms with Crippen LogP contribution >= 0.6 is 0 Å². The van der Waals surface area contributed by atoms with E-state index in [2.05, 4.69) is 13.8 Å². The Morgan fingerprint density at radius 3 is 2.10 bits per heavy atom. The normalized spacial score (nSPS) is 61.2. The van der Waals surface area contributed by atoms with Crippen molar-refractivity contribution in [1.82, 2.24) is 0 Å². The van der Waals surface area contributed by atoms with Crippen LogP contribution in [0.25, 0.3) is 0 Å². The monoisotopic (exact) mass is 276 g/mol. The van der Waals surface area contributed by atoms with Crippen LogP contribution in [0.15, 0.2) is 0 Å². The number of hydrogen-bond donors (Lipinski definition) is 0. The standard InChI is InChI=1S/C18H28O2/c1-9-10(2)13-8-12(9)16-11-6-14(17(13)16)15(7-11)18-19-4-3-5-20-18/h9-18H,3-8H2,1-2H3. The van der Waals surface area contributed by atoms with Gasteiger partial charge in [0.1, 0.15) is 0 Å². The van der Waals surface area contributed by atoms with Gasteiger partial charge in [0.25, 0.3) is 0 Å². The fraction of sp³-hybridized carbons (Fsp3) is 1.00. The van der Waals surface area contributed by atoms with Crippen LogP contribution in [0.4, 0.5) is 0 Å². The smallest absolute Gasteiger partial charge is 0.160 e. The highest BCUT2D eigenvalue weighted by molar-refractivity contribution is 5.14. The van der Waals surface area contributed by atoms with Gasteiger partial charge < -0.3 is 9.47 Å². The molecule has 4 saturated carbocycles. The summed E-state index contributed by atoms with van der Waals surface area (Å²) < 4.78 is 11.9. The van der Waals surface area contributed by atoms with Crippen LogP contribution in [0.5, 0.6) is 0 Å². The van der Waals surface area contributed by atoms with E-state index in [1.54, 1.807) is 6.42 Å². The molecular weight excluding hydrogens is 248 g/mol. The van der Waals surface area contributed by atoms with Crippen LogP contribution in [0.3, 0.4) is 0 Å². The van der Waals surface area contributed by atoms with Crippen LogP contribution in [-0.2, 0) is 9.47 Å². The lowest BCUT2D eigenvalue weighted by molar-refractivity contribution is -0.219. The summed E-state index contributed by atoms with van der Waals surface area (Å²) in [5.74, 6) is 8.82. The van der Waals surface area contributed by atoms with Crippen LogP contribution in [-0.4, -0.2) is 19.5 Å². The molecule has 2 heteroatoms. The lowest BCUT2D eigenvalue weighted by Gasteiger charge is -2.45. The van der Waals surface area contributed by atoms with Crippen molar-refractivity contribution in [2.75, 3.05) is 13.2 Å². The van der Waals surface area contributed by atoms with Gasteiger partial charge in [-0.25, -0.2) is 0 Å². The van der Waals surface area contributed by atoms with Gasteiger partial charge in [0.05, 0.1) is 13.2 Å². The first-order valence-electron chi connectivity index (χ1n) is 8.99. The molecule has 0 amide bonds. The van der Waals surface area contributed by atoms with Crippen LogP contribution in [0, 0.1) is 53.3 Å². The van der Waals surface area contributed by atoms with Crippen molar-refractivity contribution >= 4 is 0 Å². The first-order chi connectivity index (χ1) is 9.75. The molecule has 5 fully saturated rings. The summed E-state index contributed by atoms with van der Waals surface area (Å²) in [7, 11) is 0. The number of ether oxygens (including phenoxy) is 2. The molecule has 112 valence electrons. The molecule has 5 rings (SSSR count). The summed E-state index contributed by atoms with van der Waals surface area (Å²) in [6.45, 7) is 6.90. The quantitative estimate of drug-likeness (QED) is 0.682. The van der Waals surface area contributed by atoms with Gasteiger partial charge >= 0.3 is 0 Å². The molecule has 20 heavy (non-hydrogen) atoms. The summed E-state index contributed by atoms with van der Waals surface area (Å²) in [6.07, 6.45) is 5.68.